The van der Waals surface area contributed by atoms with Crippen molar-refractivity contribution in [3.8, 4) is 11.1 Å². The second kappa shape index (κ2) is 6.49. The van der Waals surface area contributed by atoms with E-state index in [1.807, 2.05) is 10.6 Å². The number of hydrogen-bond acceptors (Lipinski definition) is 4. The van der Waals surface area contributed by atoms with E-state index >= 15 is 4.39 Å². The summed E-state index contributed by atoms with van der Waals surface area (Å²) in [5, 5.41) is 0.319. The Morgan fingerprint density at radius 1 is 1.24 bits per heavy atom. The molecule has 1 fully saturated rings. The maximum atomic E-state index is 15.1. The van der Waals surface area contributed by atoms with Crippen molar-refractivity contribution in [2.24, 2.45) is 0 Å². The van der Waals surface area contributed by atoms with Crippen molar-refractivity contribution < 1.29 is 9.18 Å². The third-order valence-corrected chi connectivity index (χ3v) is 6.20. The van der Waals surface area contributed by atoms with Crippen LogP contribution in [0.3, 0.4) is 0 Å². The van der Waals surface area contributed by atoms with Crippen molar-refractivity contribution in [3.05, 3.63) is 68.4 Å². The molecule has 5 nitrogen and oxygen atoms in total. The molecular weight excluding hydrogens is 391 g/mol. The van der Waals surface area contributed by atoms with Crippen LogP contribution in [0.5, 0.6) is 0 Å². The Labute approximate surface area is 168 Å². The Hall–Kier alpha value is -3.06. The molecule has 0 atom stereocenters. The molecule has 0 amide bonds. The third kappa shape index (κ3) is 2.93. The van der Waals surface area contributed by atoms with E-state index in [9.17, 15) is 14.4 Å². The van der Waals surface area contributed by atoms with Crippen molar-refractivity contribution >= 4 is 38.4 Å². The number of aromatic nitrogens is 2. The van der Waals surface area contributed by atoms with Gasteiger partial charge in [-0.2, -0.15) is 0 Å². The Balaban J connectivity index is 1.82. The summed E-state index contributed by atoms with van der Waals surface area (Å²) in [5.41, 5.74) is 1.61. The lowest BCUT2D eigenvalue weighted by Gasteiger charge is -2.14. The fourth-order valence-electron chi connectivity index (χ4n) is 3.90. The normalized spacial score (nSPS) is 14.0. The van der Waals surface area contributed by atoms with Crippen LogP contribution in [-0.4, -0.2) is 14.7 Å². The van der Waals surface area contributed by atoms with Gasteiger partial charge in [0.2, 0.25) is 5.43 Å². The lowest BCUT2D eigenvalue weighted by molar-refractivity contribution is -0.116. The van der Waals surface area contributed by atoms with Crippen molar-refractivity contribution in [3.63, 3.8) is 0 Å². The molecule has 1 saturated carbocycles. The molecule has 5 rings (SSSR count). The van der Waals surface area contributed by atoms with Gasteiger partial charge < -0.3 is 4.57 Å². The van der Waals surface area contributed by atoms with Crippen LogP contribution in [0.1, 0.15) is 31.4 Å². The molecule has 1 aliphatic rings. The average Bonchev–Trinajstić information content (AvgIpc) is 3.44. The molecule has 0 spiro atoms. The number of Topliss-reactive ketones (excluding diaryl/α,β-unsaturated/α-hetero) is 1. The Morgan fingerprint density at radius 2 is 2.03 bits per heavy atom. The van der Waals surface area contributed by atoms with Gasteiger partial charge in [0.05, 0.1) is 5.52 Å². The lowest BCUT2D eigenvalue weighted by atomic mass is 9.98. The van der Waals surface area contributed by atoms with Crippen molar-refractivity contribution in [2.45, 2.75) is 32.2 Å². The summed E-state index contributed by atoms with van der Waals surface area (Å²) in [6.07, 6.45) is 2.20. The largest absolute Gasteiger partial charge is 0.328 e. The van der Waals surface area contributed by atoms with Crippen LogP contribution in [0, 0.1) is 5.82 Å². The number of ketones is 1. The molecule has 146 valence electrons. The molecule has 2 heterocycles. The first-order valence-electron chi connectivity index (χ1n) is 9.41. The zero-order chi connectivity index (χ0) is 20.3. The Bertz CT molecular complexity index is 1430. The summed E-state index contributed by atoms with van der Waals surface area (Å²) in [7, 11) is 0. The number of halogens is 1. The zero-order valence-electron chi connectivity index (χ0n) is 15.6. The minimum Gasteiger partial charge on any atom is -0.328 e. The molecule has 0 saturated heterocycles. The van der Waals surface area contributed by atoms with Gasteiger partial charge in [-0.1, -0.05) is 24.3 Å². The number of aromatic amines is 1. The van der Waals surface area contributed by atoms with Gasteiger partial charge in [0.25, 0.3) is 5.56 Å². The summed E-state index contributed by atoms with van der Waals surface area (Å²) in [6.45, 7) is 1.52. The highest BCUT2D eigenvalue weighted by Crippen LogP contribution is 2.40. The predicted molar refractivity (Wildman–Crippen MR) is 112 cm³/mol. The highest BCUT2D eigenvalue weighted by atomic mass is 32.1. The topological polar surface area (TPSA) is 71.9 Å². The van der Waals surface area contributed by atoms with E-state index in [1.165, 1.54) is 13.0 Å². The van der Waals surface area contributed by atoms with Gasteiger partial charge in [-0.25, -0.2) is 4.39 Å². The van der Waals surface area contributed by atoms with Gasteiger partial charge >= 0.3 is 0 Å². The summed E-state index contributed by atoms with van der Waals surface area (Å²) in [4.78, 5) is 37.1. The number of nitrogens with zero attached hydrogens (tertiary/aromatic N) is 1. The molecule has 2 aromatic carbocycles. The standard InChI is InChI=1S/C22H17FN2O3S/c1-11(26)7-12-3-2-4-13(8-12)15-10-18-16(9-17(15)23)20(27)19-21(28)24-29-22(19)25(18)14-5-6-14/h2-4,8-10,14H,5-7H2,1H3,(H,24,28). The van der Waals surface area contributed by atoms with Crippen molar-refractivity contribution in [1.82, 2.24) is 8.94 Å². The quantitative estimate of drug-likeness (QED) is 0.551. The number of carbonyl (C=O) groups excluding carboxylic acids is 1. The second-order valence-corrected chi connectivity index (χ2v) is 8.37. The van der Waals surface area contributed by atoms with Crippen LogP contribution in [0.4, 0.5) is 4.39 Å². The molecule has 1 N–H and O–H groups in total. The van der Waals surface area contributed by atoms with Crippen LogP contribution < -0.4 is 11.0 Å². The van der Waals surface area contributed by atoms with Crippen LogP contribution >= 0.6 is 11.5 Å². The molecule has 29 heavy (non-hydrogen) atoms. The van der Waals surface area contributed by atoms with Gasteiger partial charge in [-0.3, -0.25) is 18.8 Å². The van der Waals surface area contributed by atoms with Gasteiger partial charge in [0.1, 0.15) is 21.8 Å². The molecular formula is C22H17FN2O3S. The molecule has 1 aliphatic carbocycles. The number of rotatable bonds is 4. The third-order valence-electron chi connectivity index (χ3n) is 5.32. The number of hydrogen-bond donors (Lipinski definition) is 1. The molecule has 0 radical (unpaired) electrons. The minimum absolute atomic E-state index is 0.0356. The van der Waals surface area contributed by atoms with Crippen LogP contribution in [0.2, 0.25) is 0 Å². The first kappa shape index (κ1) is 18.0. The molecule has 0 aliphatic heterocycles. The first-order chi connectivity index (χ1) is 13.9. The van der Waals surface area contributed by atoms with Gasteiger partial charge in [0.15, 0.2) is 0 Å². The predicted octanol–water partition coefficient (Wildman–Crippen LogP) is 4.18. The summed E-state index contributed by atoms with van der Waals surface area (Å²) in [5.74, 6) is -0.489. The highest BCUT2D eigenvalue weighted by Gasteiger charge is 2.29. The molecule has 7 heteroatoms. The first-order valence-corrected chi connectivity index (χ1v) is 10.2. The lowest BCUT2D eigenvalue weighted by Crippen LogP contribution is -2.15. The Morgan fingerprint density at radius 3 is 2.76 bits per heavy atom. The van der Waals surface area contributed by atoms with Gasteiger partial charge in [-0.15, -0.1) is 0 Å². The number of fused-ring (bicyclic) bond motifs is 2. The van der Waals surface area contributed by atoms with Crippen LogP contribution in [0.25, 0.3) is 32.2 Å². The van der Waals surface area contributed by atoms with E-state index in [2.05, 4.69) is 4.37 Å². The monoisotopic (exact) mass is 408 g/mol. The van der Waals surface area contributed by atoms with Gasteiger partial charge in [-0.05, 0) is 54.6 Å². The average molecular weight is 408 g/mol. The number of benzene rings is 2. The smallest absolute Gasteiger partial charge is 0.271 e. The molecule has 4 aromatic rings. The van der Waals surface area contributed by atoms with E-state index < -0.39 is 16.8 Å². The SMILES string of the molecule is CC(=O)Cc1cccc(-c2cc3c(cc2F)c(=O)c2c(=O)[nH]sc2n3C2CC2)c1. The van der Waals surface area contributed by atoms with E-state index in [0.717, 1.165) is 29.9 Å². The van der Waals surface area contributed by atoms with Crippen molar-refractivity contribution in [1.29, 1.82) is 0 Å². The fourth-order valence-corrected chi connectivity index (χ4v) is 4.83. The Kier molecular flexibility index (Phi) is 4.03. The number of H-pyrrole nitrogens is 1. The molecule has 0 unspecified atom stereocenters. The zero-order valence-corrected chi connectivity index (χ0v) is 16.4. The minimum atomic E-state index is -0.525. The number of pyridine rings is 1. The van der Waals surface area contributed by atoms with E-state index in [4.69, 9.17) is 0 Å². The maximum absolute atomic E-state index is 15.1. The highest BCUT2D eigenvalue weighted by molar-refractivity contribution is 7.12. The van der Waals surface area contributed by atoms with Crippen LogP contribution in [-0.2, 0) is 11.2 Å². The summed E-state index contributed by atoms with van der Waals surface area (Å²) < 4.78 is 19.7. The maximum Gasteiger partial charge on any atom is 0.271 e. The van der Waals surface area contributed by atoms with E-state index in [1.54, 1.807) is 24.3 Å². The van der Waals surface area contributed by atoms with E-state index in [-0.39, 0.29) is 29.0 Å². The summed E-state index contributed by atoms with van der Waals surface area (Å²) in [6, 6.07) is 10.4. The summed E-state index contributed by atoms with van der Waals surface area (Å²) >= 11 is 1.15. The van der Waals surface area contributed by atoms with Gasteiger partial charge in [0, 0.05) is 23.4 Å². The number of carbonyl (C=O) groups is 1. The van der Waals surface area contributed by atoms with Crippen molar-refractivity contribution in [2.75, 3.05) is 0 Å². The molecule has 0 bridgehead atoms. The second-order valence-electron chi connectivity index (χ2n) is 7.57. The fraction of sp³-hybridized carbons (Fsp3) is 0.227. The van der Waals surface area contributed by atoms with E-state index in [0.29, 0.717) is 21.5 Å². The number of nitrogens with one attached hydrogen (secondary N) is 1. The van der Waals surface area contributed by atoms with Crippen LogP contribution in [0.15, 0.2) is 46.0 Å². The molecule has 2 aromatic heterocycles.